The first-order chi connectivity index (χ1) is 11.3. The van der Waals surface area contributed by atoms with Gasteiger partial charge in [0.1, 0.15) is 0 Å². The summed E-state index contributed by atoms with van der Waals surface area (Å²) in [6.45, 7) is 3.77. The van der Waals surface area contributed by atoms with Crippen molar-refractivity contribution in [3.63, 3.8) is 0 Å². The predicted octanol–water partition coefficient (Wildman–Crippen LogP) is 2.17. The molecule has 1 aliphatic carbocycles. The summed E-state index contributed by atoms with van der Waals surface area (Å²) in [5, 5.41) is 10.5. The molecule has 0 amide bonds. The Morgan fingerprint density at radius 3 is 2.57 bits per heavy atom. The number of hydrogen-bond acceptors (Lipinski definition) is 5. The van der Waals surface area contributed by atoms with Crippen LogP contribution in [0.2, 0.25) is 0 Å². The first-order valence-electron chi connectivity index (χ1n) is 9.31. The molecule has 0 bridgehead atoms. The molecule has 0 unspecified atom stereocenters. The van der Waals surface area contributed by atoms with Crippen LogP contribution in [-0.2, 0) is 0 Å². The van der Waals surface area contributed by atoms with Crippen LogP contribution in [0.3, 0.4) is 0 Å². The summed E-state index contributed by atoms with van der Waals surface area (Å²) in [7, 11) is 0. The van der Waals surface area contributed by atoms with E-state index in [0.29, 0.717) is 12.5 Å². The molecule has 1 saturated carbocycles. The zero-order valence-electron chi connectivity index (χ0n) is 13.9. The molecule has 3 fully saturated rings. The highest BCUT2D eigenvalue weighted by molar-refractivity contribution is 5.34. The van der Waals surface area contributed by atoms with E-state index in [-0.39, 0.29) is 12.1 Å². The van der Waals surface area contributed by atoms with Gasteiger partial charge in [-0.3, -0.25) is 4.90 Å². The number of anilines is 1. The van der Waals surface area contributed by atoms with Crippen molar-refractivity contribution < 1.29 is 5.11 Å². The predicted molar refractivity (Wildman–Crippen MR) is 90.7 cm³/mol. The van der Waals surface area contributed by atoms with Crippen molar-refractivity contribution in [2.45, 2.75) is 63.0 Å². The molecule has 2 atom stereocenters. The molecule has 23 heavy (non-hydrogen) atoms. The summed E-state index contributed by atoms with van der Waals surface area (Å²) in [5.41, 5.74) is 1.20. The van der Waals surface area contributed by atoms with Gasteiger partial charge in [0, 0.05) is 30.9 Å². The van der Waals surface area contributed by atoms with Crippen LogP contribution in [0.1, 0.15) is 56.6 Å². The lowest BCUT2D eigenvalue weighted by Crippen LogP contribution is -2.45. The van der Waals surface area contributed by atoms with E-state index in [1.165, 1.54) is 50.6 Å². The van der Waals surface area contributed by atoms with E-state index >= 15 is 0 Å². The van der Waals surface area contributed by atoms with Gasteiger partial charge in [0.25, 0.3) is 0 Å². The second-order valence-electron chi connectivity index (χ2n) is 7.40. The minimum Gasteiger partial charge on any atom is -0.390 e. The lowest BCUT2D eigenvalue weighted by atomic mass is 10.0. The molecule has 3 heterocycles. The fourth-order valence-corrected chi connectivity index (χ4v) is 4.50. The molecule has 5 heteroatoms. The quantitative estimate of drug-likeness (QED) is 0.926. The van der Waals surface area contributed by atoms with E-state index in [1.54, 1.807) is 0 Å². The van der Waals surface area contributed by atoms with Crippen molar-refractivity contribution in [1.82, 2.24) is 14.9 Å². The Morgan fingerprint density at radius 1 is 1.00 bits per heavy atom. The second kappa shape index (κ2) is 6.73. The standard InChI is InChI=1S/C18H28N4O/c23-17-13-22(12-16(17)21-10-4-1-5-11-21)18-19-9-8-15(20-18)14-6-2-3-7-14/h8-9,14,16-17,23H,1-7,10-13H2/t16-,17-/m1/s1. The third kappa shape index (κ3) is 3.22. The van der Waals surface area contributed by atoms with Gasteiger partial charge >= 0.3 is 0 Å². The van der Waals surface area contributed by atoms with Crippen LogP contribution in [0.15, 0.2) is 12.3 Å². The second-order valence-corrected chi connectivity index (χ2v) is 7.40. The van der Waals surface area contributed by atoms with Crippen LogP contribution in [0.25, 0.3) is 0 Å². The maximum absolute atomic E-state index is 10.5. The number of aromatic nitrogens is 2. The van der Waals surface area contributed by atoms with E-state index in [1.807, 2.05) is 6.20 Å². The number of likely N-dealkylation sites (tertiary alicyclic amines) is 1. The molecule has 0 radical (unpaired) electrons. The Morgan fingerprint density at radius 2 is 1.78 bits per heavy atom. The first-order valence-corrected chi connectivity index (χ1v) is 9.31. The Bertz CT molecular complexity index is 526. The molecule has 0 aromatic carbocycles. The summed E-state index contributed by atoms with van der Waals surface area (Å²) in [6, 6.07) is 2.32. The Balaban J connectivity index is 1.47. The van der Waals surface area contributed by atoms with Gasteiger partial charge in [0.05, 0.1) is 12.1 Å². The molecule has 126 valence electrons. The van der Waals surface area contributed by atoms with Crippen LogP contribution in [-0.4, -0.2) is 58.3 Å². The number of rotatable bonds is 3. The van der Waals surface area contributed by atoms with E-state index in [9.17, 15) is 5.11 Å². The smallest absolute Gasteiger partial charge is 0.225 e. The minimum atomic E-state index is -0.285. The summed E-state index contributed by atoms with van der Waals surface area (Å²) in [4.78, 5) is 14.0. The van der Waals surface area contributed by atoms with Gasteiger partial charge in [0.15, 0.2) is 0 Å². The van der Waals surface area contributed by atoms with Crippen LogP contribution in [0, 0.1) is 0 Å². The summed E-state index contributed by atoms with van der Waals surface area (Å²) < 4.78 is 0. The fraction of sp³-hybridized carbons (Fsp3) is 0.778. The van der Waals surface area contributed by atoms with Gasteiger partial charge in [-0.1, -0.05) is 19.3 Å². The summed E-state index contributed by atoms with van der Waals surface area (Å²) in [5.74, 6) is 1.43. The topological polar surface area (TPSA) is 52.5 Å². The zero-order valence-corrected chi connectivity index (χ0v) is 13.9. The van der Waals surface area contributed by atoms with Crippen molar-refractivity contribution in [2.75, 3.05) is 31.1 Å². The highest BCUT2D eigenvalue weighted by atomic mass is 16.3. The van der Waals surface area contributed by atoms with Crippen molar-refractivity contribution in [2.24, 2.45) is 0 Å². The number of aliphatic hydroxyl groups excluding tert-OH is 1. The lowest BCUT2D eigenvalue weighted by molar-refractivity contribution is 0.0706. The Hall–Kier alpha value is -1.20. The van der Waals surface area contributed by atoms with Crippen molar-refractivity contribution in [3.8, 4) is 0 Å². The van der Waals surface area contributed by atoms with E-state index in [4.69, 9.17) is 4.98 Å². The van der Waals surface area contributed by atoms with Crippen LogP contribution >= 0.6 is 0 Å². The normalized spacial score (nSPS) is 30.2. The molecule has 4 rings (SSSR count). The Kier molecular flexibility index (Phi) is 4.49. The summed E-state index contributed by atoms with van der Waals surface area (Å²) >= 11 is 0. The zero-order chi connectivity index (χ0) is 15.6. The van der Waals surface area contributed by atoms with Crippen molar-refractivity contribution >= 4 is 5.95 Å². The highest BCUT2D eigenvalue weighted by Gasteiger charge is 2.37. The number of hydrogen-bond donors (Lipinski definition) is 1. The van der Waals surface area contributed by atoms with Crippen LogP contribution in [0.4, 0.5) is 5.95 Å². The molecular formula is C18H28N4O. The van der Waals surface area contributed by atoms with Gasteiger partial charge in [-0.15, -0.1) is 0 Å². The van der Waals surface area contributed by atoms with Gasteiger partial charge in [-0.05, 0) is 44.8 Å². The van der Waals surface area contributed by atoms with Gasteiger partial charge in [-0.2, -0.15) is 0 Å². The maximum atomic E-state index is 10.5. The monoisotopic (exact) mass is 316 g/mol. The molecule has 0 spiro atoms. The van der Waals surface area contributed by atoms with Crippen LogP contribution < -0.4 is 4.90 Å². The molecule has 5 nitrogen and oxygen atoms in total. The highest BCUT2D eigenvalue weighted by Crippen LogP contribution is 2.33. The average molecular weight is 316 g/mol. The third-order valence-corrected chi connectivity index (χ3v) is 5.84. The van der Waals surface area contributed by atoms with E-state index in [0.717, 1.165) is 25.6 Å². The van der Waals surface area contributed by atoms with Gasteiger partial charge in [-0.25, -0.2) is 9.97 Å². The average Bonchev–Trinajstić information content (AvgIpc) is 3.25. The molecule has 1 aromatic heterocycles. The van der Waals surface area contributed by atoms with E-state index < -0.39 is 0 Å². The number of aliphatic hydroxyl groups is 1. The lowest BCUT2D eigenvalue weighted by Gasteiger charge is -2.33. The molecule has 2 aliphatic heterocycles. The van der Waals surface area contributed by atoms with Crippen LogP contribution in [0.5, 0.6) is 0 Å². The minimum absolute atomic E-state index is 0.244. The largest absolute Gasteiger partial charge is 0.390 e. The molecule has 2 saturated heterocycles. The number of β-amino-alcohol motifs (C(OH)–C–C–N with tert-alkyl or cyclic N) is 1. The Labute approximate surface area is 138 Å². The maximum Gasteiger partial charge on any atom is 0.225 e. The fourth-order valence-electron chi connectivity index (χ4n) is 4.50. The van der Waals surface area contributed by atoms with Gasteiger partial charge in [0.2, 0.25) is 5.95 Å². The van der Waals surface area contributed by atoms with Crippen molar-refractivity contribution in [1.29, 1.82) is 0 Å². The molecular weight excluding hydrogens is 288 g/mol. The third-order valence-electron chi connectivity index (χ3n) is 5.84. The molecule has 3 aliphatic rings. The number of piperidine rings is 1. The number of nitrogens with zero attached hydrogens (tertiary/aromatic N) is 4. The van der Waals surface area contributed by atoms with Crippen molar-refractivity contribution in [3.05, 3.63) is 18.0 Å². The van der Waals surface area contributed by atoms with E-state index in [2.05, 4.69) is 20.9 Å². The first kappa shape index (κ1) is 15.3. The SMILES string of the molecule is O[C@@H]1CN(c2nccc(C3CCCC3)n2)C[C@H]1N1CCCCC1. The molecule has 1 N–H and O–H groups in total. The summed E-state index contributed by atoms with van der Waals surface area (Å²) in [6.07, 6.45) is 10.6. The molecule has 1 aromatic rings. The van der Waals surface area contributed by atoms with Gasteiger partial charge < -0.3 is 10.0 Å².